The first-order chi connectivity index (χ1) is 6.97. The van der Waals surface area contributed by atoms with Crippen LogP contribution in [0.3, 0.4) is 0 Å². The zero-order chi connectivity index (χ0) is 11.5. The van der Waals surface area contributed by atoms with E-state index in [0.717, 1.165) is 0 Å². The van der Waals surface area contributed by atoms with Gasteiger partial charge in [-0.15, -0.1) is 0 Å². The lowest BCUT2D eigenvalue weighted by molar-refractivity contribution is -0.0765. The molecular formula is C13H20O2. The van der Waals surface area contributed by atoms with Crippen molar-refractivity contribution in [1.29, 1.82) is 0 Å². The Bertz CT molecular complexity index is 318. The highest BCUT2D eigenvalue weighted by molar-refractivity contribution is 5.26. The molecule has 2 heteroatoms. The van der Waals surface area contributed by atoms with E-state index in [1.165, 1.54) is 11.1 Å². The Labute approximate surface area is 91.9 Å². The van der Waals surface area contributed by atoms with Crippen LogP contribution in [0.5, 0.6) is 0 Å². The van der Waals surface area contributed by atoms with Crippen molar-refractivity contribution in [3.63, 3.8) is 0 Å². The molecule has 0 heterocycles. The topological polar surface area (TPSA) is 29.5 Å². The van der Waals surface area contributed by atoms with Gasteiger partial charge in [0.25, 0.3) is 0 Å². The average Bonchev–Trinajstić information content (AvgIpc) is 2.21. The van der Waals surface area contributed by atoms with Crippen LogP contribution in [0.2, 0.25) is 0 Å². The molecule has 0 saturated carbocycles. The van der Waals surface area contributed by atoms with E-state index in [2.05, 4.69) is 13.0 Å². The zero-order valence-electron chi connectivity index (χ0n) is 9.95. The van der Waals surface area contributed by atoms with Crippen LogP contribution in [0.25, 0.3) is 0 Å². The Kier molecular flexibility index (Phi) is 3.89. The molecule has 0 spiro atoms. The fourth-order valence-corrected chi connectivity index (χ4v) is 1.43. The molecule has 0 radical (unpaired) electrons. The van der Waals surface area contributed by atoms with Crippen LogP contribution in [-0.4, -0.2) is 23.9 Å². The molecule has 2 nitrogen and oxygen atoms in total. The predicted molar refractivity (Wildman–Crippen MR) is 62.0 cm³/mol. The maximum Gasteiger partial charge on any atom is 0.0883 e. The van der Waals surface area contributed by atoms with E-state index >= 15 is 0 Å². The summed E-state index contributed by atoms with van der Waals surface area (Å²) in [6.07, 6.45) is 0.150. The molecule has 0 fully saturated rings. The number of aryl methyl sites for hydroxylation is 1. The van der Waals surface area contributed by atoms with E-state index in [1.54, 1.807) is 7.11 Å². The van der Waals surface area contributed by atoms with E-state index in [4.69, 9.17) is 4.74 Å². The number of aliphatic hydroxyl groups excluding tert-OH is 1. The van der Waals surface area contributed by atoms with Crippen molar-refractivity contribution < 1.29 is 9.84 Å². The monoisotopic (exact) mass is 208 g/mol. The van der Waals surface area contributed by atoms with Crippen molar-refractivity contribution in [2.24, 2.45) is 0 Å². The minimum Gasteiger partial charge on any atom is -0.390 e. The van der Waals surface area contributed by atoms with Gasteiger partial charge in [-0.1, -0.05) is 24.3 Å². The summed E-state index contributed by atoms with van der Waals surface area (Å²) in [5.74, 6) is 0. The highest BCUT2D eigenvalue weighted by atomic mass is 16.5. The van der Waals surface area contributed by atoms with Crippen LogP contribution in [0.1, 0.15) is 25.0 Å². The third-order valence-electron chi connectivity index (χ3n) is 3.00. The van der Waals surface area contributed by atoms with Crippen LogP contribution in [0.15, 0.2) is 24.3 Å². The van der Waals surface area contributed by atoms with Crippen molar-refractivity contribution in [1.82, 2.24) is 0 Å². The van der Waals surface area contributed by atoms with Crippen molar-refractivity contribution in [2.75, 3.05) is 7.11 Å². The summed E-state index contributed by atoms with van der Waals surface area (Å²) in [4.78, 5) is 0. The fraction of sp³-hybridized carbons (Fsp3) is 0.538. The molecule has 0 amide bonds. The van der Waals surface area contributed by atoms with Gasteiger partial charge < -0.3 is 9.84 Å². The first kappa shape index (κ1) is 12.2. The number of aliphatic hydroxyl groups is 1. The lowest BCUT2D eigenvalue weighted by atomic mass is 9.93. The molecule has 15 heavy (non-hydrogen) atoms. The van der Waals surface area contributed by atoms with Crippen LogP contribution >= 0.6 is 0 Å². The van der Waals surface area contributed by atoms with E-state index in [1.807, 2.05) is 32.0 Å². The predicted octanol–water partition coefficient (Wildman–Crippen LogP) is 2.32. The highest BCUT2D eigenvalue weighted by Gasteiger charge is 2.27. The number of methoxy groups -OCH3 is 1. The second kappa shape index (κ2) is 4.77. The molecule has 1 rings (SSSR count). The van der Waals surface area contributed by atoms with E-state index in [9.17, 15) is 5.11 Å². The number of hydrogen-bond acceptors (Lipinski definition) is 2. The Morgan fingerprint density at radius 3 is 2.47 bits per heavy atom. The van der Waals surface area contributed by atoms with Crippen LogP contribution in [0, 0.1) is 6.92 Å². The Morgan fingerprint density at radius 2 is 1.93 bits per heavy atom. The van der Waals surface area contributed by atoms with Crippen molar-refractivity contribution in [3.8, 4) is 0 Å². The standard InChI is InChI=1S/C13H20O2/c1-10-7-5-6-8-11(10)9-12(14)13(2,3)15-4/h5-8,12,14H,9H2,1-4H3. The summed E-state index contributed by atoms with van der Waals surface area (Å²) in [7, 11) is 1.63. The lowest BCUT2D eigenvalue weighted by Crippen LogP contribution is -2.39. The maximum atomic E-state index is 10.0. The molecule has 1 atom stereocenters. The van der Waals surface area contributed by atoms with Crippen LogP contribution in [0.4, 0.5) is 0 Å². The molecule has 1 aromatic rings. The number of hydrogen-bond donors (Lipinski definition) is 1. The molecule has 0 bridgehead atoms. The van der Waals surface area contributed by atoms with Crippen molar-refractivity contribution in [2.45, 2.75) is 38.9 Å². The smallest absolute Gasteiger partial charge is 0.0883 e. The van der Waals surface area contributed by atoms with Gasteiger partial charge in [-0.3, -0.25) is 0 Å². The van der Waals surface area contributed by atoms with Crippen LogP contribution < -0.4 is 0 Å². The molecule has 0 aromatic heterocycles. The summed E-state index contributed by atoms with van der Waals surface area (Å²) < 4.78 is 5.26. The van der Waals surface area contributed by atoms with E-state index < -0.39 is 11.7 Å². The summed E-state index contributed by atoms with van der Waals surface area (Å²) in [5, 5.41) is 10.0. The Morgan fingerprint density at radius 1 is 1.33 bits per heavy atom. The zero-order valence-corrected chi connectivity index (χ0v) is 9.95. The Balaban J connectivity index is 2.75. The second-order valence-corrected chi connectivity index (χ2v) is 4.45. The molecule has 0 aliphatic rings. The summed E-state index contributed by atoms with van der Waals surface area (Å²) in [5.41, 5.74) is 1.89. The molecule has 0 aliphatic heterocycles. The van der Waals surface area contributed by atoms with Gasteiger partial charge in [0, 0.05) is 13.5 Å². The fourth-order valence-electron chi connectivity index (χ4n) is 1.43. The normalized spacial score (nSPS) is 13.9. The van der Waals surface area contributed by atoms with Gasteiger partial charge in [0.2, 0.25) is 0 Å². The average molecular weight is 208 g/mol. The van der Waals surface area contributed by atoms with Gasteiger partial charge in [0.15, 0.2) is 0 Å². The molecule has 84 valence electrons. The first-order valence-electron chi connectivity index (χ1n) is 5.25. The van der Waals surface area contributed by atoms with E-state index in [0.29, 0.717) is 6.42 Å². The van der Waals surface area contributed by atoms with E-state index in [-0.39, 0.29) is 0 Å². The van der Waals surface area contributed by atoms with Gasteiger partial charge in [0.1, 0.15) is 0 Å². The second-order valence-electron chi connectivity index (χ2n) is 4.45. The lowest BCUT2D eigenvalue weighted by Gasteiger charge is -2.29. The van der Waals surface area contributed by atoms with Crippen molar-refractivity contribution in [3.05, 3.63) is 35.4 Å². The molecule has 1 unspecified atom stereocenters. The number of rotatable bonds is 4. The van der Waals surface area contributed by atoms with Gasteiger partial charge in [-0.25, -0.2) is 0 Å². The summed E-state index contributed by atoms with van der Waals surface area (Å²) in [6.45, 7) is 5.85. The van der Waals surface area contributed by atoms with Gasteiger partial charge >= 0.3 is 0 Å². The summed E-state index contributed by atoms with van der Waals surface area (Å²) in [6, 6.07) is 8.10. The van der Waals surface area contributed by atoms with Crippen molar-refractivity contribution >= 4 is 0 Å². The minimum atomic E-state index is -0.498. The molecule has 0 saturated heterocycles. The van der Waals surface area contributed by atoms with Gasteiger partial charge in [0.05, 0.1) is 11.7 Å². The SMILES string of the molecule is COC(C)(C)C(O)Cc1ccccc1C. The maximum absolute atomic E-state index is 10.0. The first-order valence-corrected chi connectivity index (χ1v) is 5.25. The third-order valence-corrected chi connectivity index (χ3v) is 3.00. The third kappa shape index (κ3) is 3.05. The number of benzene rings is 1. The molecule has 1 aromatic carbocycles. The number of ether oxygens (including phenoxy) is 1. The van der Waals surface area contributed by atoms with Crippen LogP contribution in [-0.2, 0) is 11.2 Å². The quantitative estimate of drug-likeness (QED) is 0.823. The largest absolute Gasteiger partial charge is 0.390 e. The molecular weight excluding hydrogens is 188 g/mol. The molecule has 1 N–H and O–H groups in total. The van der Waals surface area contributed by atoms with Gasteiger partial charge in [-0.05, 0) is 31.9 Å². The Hall–Kier alpha value is -0.860. The minimum absolute atomic E-state index is 0.483. The van der Waals surface area contributed by atoms with Gasteiger partial charge in [-0.2, -0.15) is 0 Å². The summed E-state index contributed by atoms with van der Waals surface area (Å²) >= 11 is 0. The highest BCUT2D eigenvalue weighted by Crippen LogP contribution is 2.19. The molecule has 0 aliphatic carbocycles.